The van der Waals surface area contributed by atoms with Gasteiger partial charge in [-0.3, -0.25) is 0 Å². The lowest BCUT2D eigenvalue weighted by molar-refractivity contribution is 0.242. The lowest BCUT2D eigenvalue weighted by Gasteiger charge is -2.27. The Bertz CT molecular complexity index is 282. The van der Waals surface area contributed by atoms with Crippen molar-refractivity contribution in [2.24, 2.45) is 11.8 Å². The number of unbranched alkanes of at least 4 members (excludes halogenated alkanes) is 15. The Morgan fingerprint density at radius 3 is 0.966 bits per heavy atom. The van der Waals surface area contributed by atoms with E-state index in [9.17, 15) is 0 Å². The molecule has 0 aliphatic heterocycles. The molecule has 0 aromatic heterocycles. The predicted octanol–water partition coefficient (Wildman–Crippen LogP) is 11.3. The summed E-state index contributed by atoms with van der Waals surface area (Å²) >= 11 is 0. The van der Waals surface area contributed by atoms with Crippen molar-refractivity contribution in [3.63, 3.8) is 0 Å². The summed E-state index contributed by atoms with van der Waals surface area (Å²) in [5.41, 5.74) is 0. The van der Waals surface area contributed by atoms with Crippen molar-refractivity contribution < 1.29 is 0 Å². The maximum absolute atomic E-state index is 2.41. The standard InChI is InChI=1S/C29H60/c1-5-9-12-14-16-18-20-22-26-28(24-8-4)29(25-11-7-3)27-23-21-19-17-15-13-10-6-2/h28-29H,5-27H2,1-4H3. The summed E-state index contributed by atoms with van der Waals surface area (Å²) in [6.07, 6.45) is 33.7. The minimum absolute atomic E-state index is 1.02. The molecule has 2 atom stereocenters. The highest BCUT2D eigenvalue weighted by molar-refractivity contribution is 4.71. The van der Waals surface area contributed by atoms with Gasteiger partial charge in [-0.1, -0.05) is 175 Å². The van der Waals surface area contributed by atoms with Crippen LogP contribution in [0.2, 0.25) is 0 Å². The average Bonchev–Trinajstić information content (AvgIpc) is 2.73. The van der Waals surface area contributed by atoms with Crippen LogP contribution in [0.1, 0.15) is 175 Å². The molecule has 0 N–H and O–H groups in total. The molecule has 0 amide bonds. The molecule has 0 heteroatoms. The summed E-state index contributed by atoms with van der Waals surface area (Å²) in [4.78, 5) is 0. The van der Waals surface area contributed by atoms with Gasteiger partial charge in [-0.05, 0) is 11.8 Å². The summed E-state index contributed by atoms with van der Waals surface area (Å²) < 4.78 is 0. The second-order valence-corrected chi connectivity index (χ2v) is 9.98. The van der Waals surface area contributed by atoms with Gasteiger partial charge in [0.05, 0.1) is 0 Å². The van der Waals surface area contributed by atoms with Gasteiger partial charge in [0.25, 0.3) is 0 Å². The first-order valence-electron chi connectivity index (χ1n) is 14.3. The van der Waals surface area contributed by atoms with Crippen LogP contribution in [0.15, 0.2) is 0 Å². The summed E-state index contributed by atoms with van der Waals surface area (Å²) in [5, 5.41) is 0. The van der Waals surface area contributed by atoms with Gasteiger partial charge < -0.3 is 0 Å². The summed E-state index contributed by atoms with van der Waals surface area (Å²) in [7, 11) is 0. The molecule has 0 spiro atoms. The van der Waals surface area contributed by atoms with Gasteiger partial charge in [0.1, 0.15) is 0 Å². The number of rotatable bonds is 24. The fraction of sp³-hybridized carbons (Fsp3) is 1.00. The highest BCUT2D eigenvalue weighted by Crippen LogP contribution is 2.32. The molecule has 0 aromatic carbocycles. The average molecular weight is 409 g/mol. The zero-order valence-corrected chi connectivity index (χ0v) is 21.4. The second-order valence-electron chi connectivity index (χ2n) is 9.98. The van der Waals surface area contributed by atoms with E-state index in [4.69, 9.17) is 0 Å². The molecule has 2 unspecified atom stereocenters. The first-order valence-corrected chi connectivity index (χ1v) is 14.3. The van der Waals surface area contributed by atoms with E-state index in [-0.39, 0.29) is 0 Å². The number of hydrogen-bond donors (Lipinski definition) is 0. The lowest BCUT2D eigenvalue weighted by atomic mass is 9.78. The SMILES string of the molecule is CCCCCCCCCCC(CCC)C(CCCC)CCCCCCCCCC. The predicted molar refractivity (Wildman–Crippen MR) is 136 cm³/mol. The van der Waals surface area contributed by atoms with Gasteiger partial charge >= 0.3 is 0 Å². The van der Waals surface area contributed by atoms with E-state index in [0.29, 0.717) is 0 Å². The second kappa shape index (κ2) is 24.3. The van der Waals surface area contributed by atoms with Crippen LogP contribution >= 0.6 is 0 Å². The maximum Gasteiger partial charge on any atom is -0.0386 e. The van der Waals surface area contributed by atoms with Crippen molar-refractivity contribution in [2.75, 3.05) is 0 Å². The van der Waals surface area contributed by atoms with Gasteiger partial charge in [0.15, 0.2) is 0 Å². The first-order chi connectivity index (χ1) is 14.3. The third-order valence-corrected chi connectivity index (χ3v) is 7.11. The maximum atomic E-state index is 2.41. The summed E-state index contributed by atoms with van der Waals surface area (Å²) in [6, 6.07) is 0. The van der Waals surface area contributed by atoms with Crippen LogP contribution in [0, 0.1) is 11.8 Å². The minimum atomic E-state index is 1.02. The van der Waals surface area contributed by atoms with Crippen LogP contribution < -0.4 is 0 Å². The lowest BCUT2D eigenvalue weighted by Crippen LogP contribution is -2.15. The molecule has 0 saturated carbocycles. The largest absolute Gasteiger partial charge is 0.0654 e. The van der Waals surface area contributed by atoms with Crippen molar-refractivity contribution in [3.05, 3.63) is 0 Å². The van der Waals surface area contributed by atoms with E-state index in [1.165, 1.54) is 148 Å². The Kier molecular flexibility index (Phi) is 24.3. The molecule has 0 heterocycles. The molecular weight excluding hydrogens is 348 g/mol. The number of hydrogen-bond acceptors (Lipinski definition) is 0. The Morgan fingerprint density at radius 2 is 0.586 bits per heavy atom. The molecular formula is C29H60. The van der Waals surface area contributed by atoms with Crippen LogP contribution in [0.4, 0.5) is 0 Å². The molecule has 29 heavy (non-hydrogen) atoms. The van der Waals surface area contributed by atoms with Crippen LogP contribution in [-0.4, -0.2) is 0 Å². The van der Waals surface area contributed by atoms with Crippen LogP contribution in [0.3, 0.4) is 0 Å². The fourth-order valence-electron chi connectivity index (χ4n) is 5.15. The van der Waals surface area contributed by atoms with E-state index in [0.717, 1.165) is 11.8 Å². The highest BCUT2D eigenvalue weighted by Gasteiger charge is 2.19. The van der Waals surface area contributed by atoms with Crippen molar-refractivity contribution >= 4 is 0 Å². The molecule has 0 aliphatic rings. The molecule has 0 radical (unpaired) electrons. The van der Waals surface area contributed by atoms with E-state index in [1.807, 2.05) is 0 Å². The van der Waals surface area contributed by atoms with Crippen LogP contribution in [0.5, 0.6) is 0 Å². The van der Waals surface area contributed by atoms with Crippen molar-refractivity contribution in [2.45, 2.75) is 175 Å². The third kappa shape index (κ3) is 19.7. The molecule has 0 fully saturated rings. The van der Waals surface area contributed by atoms with E-state index in [2.05, 4.69) is 27.7 Å². The Morgan fingerprint density at radius 1 is 0.276 bits per heavy atom. The third-order valence-electron chi connectivity index (χ3n) is 7.11. The van der Waals surface area contributed by atoms with Crippen LogP contribution in [-0.2, 0) is 0 Å². The normalized spacial score (nSPS) is 13.7. The van der Waals surface area contributed by atoms with Gasteiger partial charge in [0, 0.05) is 0 Å². The van der Waals surface area contributed by atoms with Crippen molar-refractivity contribution in [1.82, 2.24) is 0 Å². The smallest absolute Gasteiger partial charge is 0.0386 e. The minimum Gasteiger partial charge on any atom is -0.0654 e. The van der Waals surface area contributed by atoms with Gasteiger partial charge in [0.2, 0.25) is 0 Å². The molecule has 0 saturated heterocycles. The first kappa shape index (κ1) is 29.0. The zero-order valence-electron chi connectivity index (χ0n) is 21.4. The van der Waals surface area contributed by atoms with Gasteiger partial charge in [-0.15, -0.1) is 0 Å². The van der Waals surface area contributed by atoms with Gasteiger partial charge in [-0.2, -0.15) is 0 Å². The van der Waals surface area contributed by atoms with E-state index in [1.54, 1.807) is 0 Å². The molecule has 0 bridgehead atoms. The summed E-state index contributed by atoms with van der Waals surface area (Å²) in [6.45, 7) is 9.42. The van der Waals surface area contributed by atoms with Gasteiger partial charge in [-0.25, -0.2) is 0 Å². The topological polar surface area (TPSA) is 0 Å². The molecule has 0 nitrogen and oxygen atoms in total. The van der Waals surface area contributed by atoms with Crippen molar-refractivity contribution in [1.29, 1.82) is 0 Å². The fourth-order valence-corrected chi connectivity index (χ4v) is 5.15. The Balaban J connectivity index is 4.08. The van der Waals surface area contributed by atoms with Crippen LogP contribution in [0.25, 0.3) is 0 Å². The molecule has 0 rings (SSSR count). The zero-order chi connectivity index (χ0) is 21.4. The molecule has 0 aromatic rings. The Hall–Kier alpha value is 0. The van der Waals surface area contributed by atoms with E-state index >= 15 is 0 Å². The molecule has 0 aliphatic carbocycles. The highest BCUT2D eigenvalue weighted by atomic mass is 14.3. The monoisotopic (exact) mass is 408 g/mol. The Labute approximate surface area is 187 Å². The molecule has 176 valence electrons. The van der Waals surface area contributed by atoms with Crippen molar-refractivity contribution in [3.8, 4) is 0 Å². The summed E-state index contributed by atoms with van der Waals surface area (Å²) in [5.74, 6) is 2.05. The quantitative estimate of drug-likeness (QED) is 0.139. The van der Waals surface area contributed by atoms with E-state index < -0.39 is 0 Å².